The number of benzene rings is 2. The predicted molar refractivity (Wildman–Crippen MR) is 115 cm³/mol. The second-order valence-corrected chi connectivity index (χ2v) is 8.34. The van der Waals surface area contributed by atoms with E-state index in [0.717, 1.165) is 42.4 Å². The first kappa shape index (κ1) is 18.5. The summed E-state index contributed by atoms with van der Waals surface area (Å²) in [5, 5.41) is 13.3. The van der Waals surface area contributed by atoms with Crippen LogP contribution in [0.2, 0.25) is 0 Å². The lowest BCUT2D eigenvalue weighted by molar-refractivity contribution is 0.102. The molecule has 1 aliphatic rings. The first-order valence-electron chi connectivity index (χ1n) is 9.71. The molecule has 0 saturated heterocycles. The smallest absolute Gasteiger partial charge is 0.256 e. The van der Waals surface area contributed by atoms with E-state index >= 15 is 0 Å². The van der Waals surface area contributed by atoms with Gasteiger partial charge in [0.05, 0.1) is 5.56 Å². The van der Waals surface area contributed by atoms with E-state index in [1.54, 1.807) is 11.3 Å². The number of nitrogens with zero attached hydrogens (tertiary/aromatic N) is 1. The fourth-order valence-electron chi connectivity index (χ4n) is 3.83. The molecule has 0 spiro atoms. The molecular formula is C24H22N2OS. The molecule has 1 atom stereocenters. The zero-order valence-corrected chi connectivity index (χ0v) is 16.7. The molecule has 3 aromatic rings. The second kappa shape index (κ2) is 8.00. The van der Waals surface area contributed by atoms with Crippen molar-refractivity contribution in [3.05, 3.63) is 76.2 Å². The third kappa shape index (κ3) is 3.58. The molecular weight excluding hydrogens is 364 g/mol. The predicted octanol–water partition coefficient (Wildman–Crippen LogP) is 6.05. The number of nitrogens with one attached hydrogen (secondary N) is 1. The normalized spacial score (nSPS) is 15.5. The Morgan fingerprint density at radius 1 is 1.14 bits per heavy atom. The maximum absolute atomic E-state index is 12.7. The third-order valence-corrected chi connectivity index (χ3v) is 6.71. The molecule has 0 bridgehead atoms. The fourth-order valence-corrected chi connectivity index (χ4v) is 5.14. The van der Waals surface area contributed by atoms with Crippen LogP contribution in [0, 0.1) is 17.2 Å². The molecule has 2 aromatic carbocycles. The highest BCUT2D eigenvalue weighted by atomic mass is 32.1. The van der Waals surface area contributed by atoms with Gasteiger partial charge in [-0.3, -0.25) is 4.79 Å². The molecule has 1 amide bonds. The van der Waals surface area contributed by atoms with Gasteiger partial charge in [0.25, 0.3) is 5.91 Å². The Labute approximate surface area is 169 Å². The van der Waals surface area contributed by atoms with E-state index < -0.39 is 0 Å². The standard InChI is InChI=1S/C24H22N2OS/c1-2-16-8-13-20-21(15-25)24(28-22(20)14-16)26-23(27)19-11-9-18(10-12-19)17-6-4-3-5-7-17/h3-7,9-12,16H,2,8,13-14H2,1H3,(H,26,27). The first-order chi connectivity index (χ1) is 13.7. The molecule has 1 N–H and O–H groups in total. The van der Waals surface area contributed by atoms with E-state index in [4.69, 9.17) is 0 Å². The lowest BCUT2D eigenvalue weighted by Gasteiger charge is -2.20. The van der Waals surface area contributed by atoms with Crippen molar-refractivity contribution in [2.45, 2.75) is 32.6 Å². The molecule has 3 nitrogen and oxygen atoms in total. The van der Waals surface area contributed by atoms with E-state index in [-0.39, 0.29) is 5.91 Å². The monoisotopic (exact) mass is 386 g/mol. The van der Waals surface area contributed by atoms with Crippen LogP contribution in [0.15, 0.2) is 54.6 Å². The summed E-state index contributed by atoms with van der Waals surface area (Å²) in [6, 6.07) is 20.0. The highest BCUT2D eigenvalue weighted by molar-refractivity contribution is 7.16. The van der Waals surface area contributed by atoms with Crippen LogP contribution in [0.3, 0.4) is 0 Å². The highest BCUT2D eigenvalue weighted by Gasteiger charge is 2.25. The minimum absolute atomic E-state index is 0.165. The summed E-state index contributed by atoms with van der Waals surface area (Å²) < 4.78 is 0. The number of rotatable bonds is 4. The average molecular weight is 387 g/mol. The number of hydrogen-bond donors (Lipinski definition) is 1. The SMILES string of the molecule is CCC1CCc2c(sc(NC(=O)c3ccc(-c4ccccc4)cc3)c2C#N)C1. The van der Waals surface area contributed by atoms with Gasteiger partial charge in [-0.25, -0.2) is 0 Å². The van der Waals surface area contributed by atoms with Gasteiger partial charge in [0, 0.05) is 10.4 Å². The first-order valence-corrected chi connectivity index (χ1v) is 10.5. The minimum atomic E-state index is -0.165. The summed E-state index contributed by atoms with van der Waals surface area (Å²) in [6.45, 7) is 2.22. The van der Waals surface area contributed by atoms with E-state index in [1.165, 1.54) is 4.88 Å². The van der Waals surface area contributed by atoms with Gasteiger partial charge < -0.3 is 5.32 Å². The maximum atomic E-state index is 12.7. The summed E-state index contributed by atoms with van der Waals surface area (Å²) in [4.78, 5) is 14.0. The van der Waals surface area contributed by atoms with Gasteiger partial charge in [0.2, 0.25) is 0 Å². The Morgan fingerprint density at radius 3 is 2.54 bits per heavy atom. The van der Waals surface area contributed by atoms with Crippen LogP contribution in [0.5, 0.6) is 0 Å². The summed E-state index contributed by atoms with van der Waals surface area (Å²) in [5.74, 6) is 0.522. The third-order valence-electron chi connectivity index (χ3n) is 5.54. The molecule has 0 saturated carbocycles. The summed E-state index contributed by atoms with van der Waals surface area (Å²) >= 11 is 1.57. The molecule has 1 heterocycles. The summed E-state index contributed by atoms with van der Waals surface area (Å²) in [7, 11) is 0. The molecule has 1 aliphatic carbocycles. The highest BCUT2D eigenvalue weighted by Crippen LogP contribution is 2.40. The quantitative estimate of drug-likeness (QED) is 0.593. The van der Waals surface area contributed by atoms with E-state index in [1.807, 2.05) is 54.6 Å². The van der Waals surface area contributed by atoms with Gasteiger partial charge >= 0.3 is 0 Å². The lowest BCUT2D eigenvalue weighted by Crippen LogP contribution is -2.12. The molecule has 0 fully saturated rings. The zero-order valence-electron chi connectivity index (χ0n) is 15.9. The van der Waals surface area contributed by atoms with E-state index in [2.05, 4.69) is 18.3 Å². The average Bonchev–Trinajstić information content (AvgIpc) is 3.10. The summed E-state index contributed by atoms with van der Waals surface area (Å²) in [5.41, 5.74) is 4.60. The molecule has 0 radical (unpaired) electrons. The molecule has 1 aromatic heterocycles. The van der Waals surface area contributed by atoms with Crippen molar-refractivity contribution in [3.63, 3.8) is 0 Å². The lowest BCUT2D eigenvalue weighted by atomic mass is 9.86. The maximum Gasteiger partial charge on any atom is 0.256 e. The van der Waals surface area contributed by atoms with Crippen LogP contribution >= 0.6 is 11.3 Å². The van der Waals surface area contributed by atoms with Crippen molar-refractivity contribution in [1.29, 1.82) is 5.26 Å². The minimum Gasteiger partial charge on any atom is -0.312 e. The number of carbonyl (C=O) groups is 1. The molecule has 4 rings (SSSR count). The van der Waals surface area contributed by atoms with Crippen molar-refractivity contribution in [3.8, 4) is 17.2 Å². The van der Waals surface area contributed by atoms with Gasteiger partial charge in [0.15, 0.2) is 0 Å². The molecule has 28 heavy (non-hydrogen) atoms. The fraction of sp³-hybridized carbons (Fsp3) is 0.250. The van der Waals surface area contributed by atoms with Gasteiger partial charge in [-0.2, -0.15) is 5.26 Å². The van der Waals surface area contributed by atoms with Crippen molar-refractivity contribution in [1.82, 2.24) is 0 Å². The number of fused-ring (bicyclic) bond motifs is 1. The van der Waals surface area contributed by atoms with Crippen LogP contribution in [-0.4, -0.2) is 5.91 Å². The van der Waals surface area contributed by atoms with Gasteiger partial charge in [-0.1, -0.05) is 55.8 Å². The van der Waals surface area contributed by atoms with Crippen LogP contribution in [0.4, 0.5) is 5.00 Å². The van der Waals surface area contributed by atoms with Crippen molar-refractivity contribution >= 4 is 22.2 Å². The molecule has 4 heteroatoms. The van der Waals surface area contributed by atoms with Crippen LogP contribution in [-0.2, 0) is 12.8 Å². The Morgan fingerprint density at radius 2 is 1.86 bits per heavy atom. The van der Waals surface area contributed by atoms with Crippen molar-refractivity contribution in [2.24, 2.45) is 5.92 Å². The van der Waals surface area contributed by atoms with E-state index in [0.29, 0.717) is 22.0 Å². The van der Waals surface area contributed by atoms with Gasteiger partial charge in [-0.15, -0.1) is 11.3 Å². The van der Waals surface area contributed by atoms with E-state index in [9.17, 15) is 10.1 Å². The number of anilines is 1. The Kier molecular flexibility index (Phi) is 5.27. The second-order valence-electron chi connectivity index (χ2n) is 7.23. The van der Waals surface area contributed by atoms with Crippen LogP contribution < -0.4 is 5.32 Å². The van der Waals surface area contributed by atoms with Crippen molar-refractivity contribution < 1.29 is 4.79 Å². The van der Waals surface area contributed by atoms with Gasteiger partial charge in [-0.05, 0) is 54.0 Å². The number of hydrogen-bond acceptors (Lipinski definition) is 3. The Balaban J connectivity index is 1.54. The zero-order chi connectivity index (χ0) is 19.5. The molecule has 1 unspecified atom stereocenters. The van der Waals surface area contributed by atoms with Crippen molar-refractivity contribution in [2.75, 3.05) is 5.32 Å². The topological polar surface area (TPSA) is 52.9 Å². The molecule has 0 aliphatic heterocycles. The number of carbonyl (C=O) groups excluding carboxylic acids is 1. The number of amides is 1. The Hall–Kier alpha value is -2.90. The van der Waals surface area contributed by atoms with Crippen LogP contribution in [0.1, 0.15) is 46.1 Å². The number of nitriles is 1. The summed E-state index contributed by atoms with van der Waals surface area (Å²) in [6.07, 6.45) is 4.25. The number of thiophene rings is 1. The molecule has 140 valence electrons. The van der Waals surface area contributed by atoms with Crippen LogP contribution in [0.25, 0.3) is 11.1 Å². The Bertz CT molecular complexity index is 1030. The van der Waals surface area contributed by atoms with Gasteiger partial charge in [0.1, 0.15) is 11.1 Å². The largest absolute Gasteiger partial charge is 0.312 e.